The van der Waals surface area contributed by atoms with Crippen LogP contribution < -0.4 is 5.32 Å². The van der Waals surface area contributed by atoms with Crippen LogP contribution in [-0.2, 0) is 0 Å². The molecule has 1 saturated carbocycles. The molecule has 1 aliphatic carbocycles. The van der Waals surface area contributed by atoms with Gasteiger partial charge in [-0.15, -0.1) is 0 Å². The molecule has 2 heteroatoms. The zero-order valence-electron chi connectivity index (χ0n) is 7.44. The van der Waals surface area contributed by atoms with Crippen LogP contribution in [0.15, 0.2) is 30.3 Å². The van der Waals surface area contributed by atoms with Crippen LogP contribution >= 0.6 is 0 Å². The van der Waals surface area contributed by atoms with Gasteiger partial charge in [0.2, 0.25) is 0 Å². The van der Waals surface area contributed by atoms with E-state index in [1.807, 2.05) is 18.2 Å². The van der Waals surface area contributed by atoms with E-state index in [0.717, 1.165) is 0 Å². The van der Waals surface area contributed by atoms with Gasteiger partial charge in [0.25, 0.3) is 5.91 Å². The van der Waals surface area contributed by atoms with Crippen molar-refractivity contribution in [3.8, 4) is 0 Å². The Kier molecular flexibility index (Phi) is 2.30. The molecule has 0 spiro atoms. The van der Waals surface area contributed by atoms with Crippen molar-refractivity contribution in [1.29, 1.82) is 0 Å². The molecule has 13 heavy (non-hydrogen) atoms. The number of benzene rings is 1. The predicted molar refractivity (Wildman–Crippen MR) is 50.5 cm³/mol. The van der Waals surface area contributed by atoms with Crippen molar-refractivity contribution in [2.45, 2.75) is 12.8 Å². The number of carbonyl (C=O) groups is 1. The fourth-order valence-electron chi connectivity index (χ4n) is 1.18. The van der Waals surface area contributed by atoms with E-state index < -0.39 is 0 Å². The van der Waals surface area contributed by atoms with Gasteiger partial charge in [0, 0.05) is 12.1 Å². The Balaban J connectivity index is 1.89. The SMILES string of the molecule is O=C([N]CC1CC1)c1ccccc1. The van der Waals surface area contributed by atoms with Gasteiger partial charge < -0.3 is 0 Å². The Bertz CT molecular complexity index is 290. The molecule has 0 unspecified atom stereocenters. The second-order valence-corrected chi connectivity index (χ2v) is 3.46. The minimum Gasteiger partial charge on any atom is -0.267 e. The second-order valence-electron chi connectivity index (χ2n) is 3.46. The third kappa shape index (κ3) is 2.31. The van der Waals surface area contributed by atoms with E-state index in [1.54, 1.807) is 12.1 Å². The number of carbonyl (C=O) groups excluding carboxylic acids is 1. The van der Waals surface area contributed by atoms with Crippen molar-refractivity contribution in [3.05, 3.63) is 35.9 Å². The normalized spacial score (nSPS) is 15.4. The highest BCUT2D eigenvalue weighted by Crippen LogP contribution is 2.27. The summed E-state index contributed by atoms with van der Waals surface area (Å²) in [5.74, 6) is 0.611. The summed E-state index contributed by atoms with van der Waals surface area (Å²) in [7, 11) is 0. The minimum atomic E-state index is -0.0764. The first-order valence-electron chi connectivity index (χ1n) is 4.63. The maximum Gasteiger partial charge on any atom is 0.272 e. The van der Waals surface area contributed by atoms with E-state index >= 15 is 0 Å². The van der Waals surface area contributed by atoms with E-state index in [2.05, 4.69) is 5.32 Å². The van der Waals surface area contributed by atoms with Crippen LogP contribution in [0, 0.1) is 5.92 Å². The summed E-state index contributed by atoms with van der Waals surface area (Å²) < 4.78 is 0. The lowest BCUT2D eigenvalue weighted by molar-refractivity contribution is 0.0947. The lowest BCUT2D eigenvalue weighted by Crippen LogP contribution is -2.17. The molecule has 0 heterocycles. The van der Waals surface area contributed by atoms with Crippen molar-refractivity contribution in [2.24, 2.45) is 5.92 Å². The molecule has 1 aromatic carbocycles. The Morgan fingerprint density at radius 1 is 1.31 bits per heavy atom. The molecule has 1 fully saturated rings. The zero-order valence-corrected chi connectivity index (χ0v) is 7.44. The molecule has 0 bridgehead atoms. The number of amides is 1. The van der Waals surface area contributed by atoms with E-state index in [0.29, 0.717) is 18.0 Å². The van der Waals surface area contributed by atoms with Gasteiger partial charge in [0.1, 0.15) is 0 Å². The van der Waals surface area contributed by atoms with Crippen LogP contribution in [0.5, 0.6) is 0 Å². The van der Waals surface area contributed by atoms with Gasteiger partial charge >= 0.3 is 0 Å². The lowest BCUT2D eigenvalue weighted by atomic mass is 10.2. The molecule has 0 saturated heterocycles. The summed E-state index contributed by atoms with van der Waals surface area (Å²) >= 11 is 0. The number of nitrogens with zero attached hydrogens (tertiary/aromatic N) is 1. The maximum atomic E-state index is 11.4. The summed E-state index contributed by atoms with van der Waals surface area (Å²) in [4.78, 5) is 11.4. The van der Waals surface area contributed by atoms with Crippen LogP contribution in [0.25, 0.3) is 0 Å². The molecule has 2 nitrogen and oxygen atoms in total. The fraction of sp³-hybridized carbons (Fsp3) is 0.364. The van der Waals surface area contributed by atoms with Gasteiger partial charge in [-0.05, 0) is 30.9 Å². The van der Waals surface area contributed by atoms with Gasteiger partial charge in [-0.25, -0.2) is 5.32 Å². The van der Waals surface area contributed by atoms with Gasteiger partial charge in [-0.1, -0.05) is 18.2 Å². The molecular formula is C11H12NO. The third-order valence-electron chi connectivity index (χ3n) is 2.21. The average Bonchev–Trinajstić information content (AvgIpc) is 2.99. The molecule has 1 amide bonds. The first-order valence-corrected chi connectivity index (χ1v) is 4.63. The Labute approximate surface area is 78.0 Å². The van der Waals surface area contributed by atoms with E-state index in [4.69, 9.17) is 0 Å². The van der Waals surface area contributed by atoms with Gasteiger partial charge in [0.15, 0.2) is 0 Å². The maximum absolute atomic E-state index is 11.4. The van der Waals surface area contributed by atoms with Crippen LogP contribution in [0.3, 0.4) is 0 Å². The predicted octanol–water partition coefficient (Wildman–Crippen LogP) is 1.84. The number of rotatable bonds is 3. The fourth-order valence-corrected chi connectivity index (χ4v) is 1.18. The Hall–Kier alpha value is -1.31. The number of hydrogen-bond donors (Lipinski definition) is 0. The average molecular weight is 174 g/mol. The summed E-state index contributed by atoms with van der Waals surface area (Å²) in [5, 5.41) is 4.02. The quantitative estimate of drug-likeness (QED) is 0.688. The molecule has 1 aromatic rings. The highest BCUT2D eigenvalue weighted by molar-refractivity contribution is 5.93. The first-order chi connectivity index (χ1) is 6.36. The van der Waals surface area contributed by atoms with E-state index in [-0.39, 0.29) is 5.91 Å². The van der Waals surface area contributed by atoms with Crippen molar-refractivity contribution < 1.29 is 4.79 Å². The molecule has 1 radical (unpaired) electrons. The summed E-state index contributed by atoms with van der Waals surface area (Å²) in [6, 6.07) is 9.23. The van der Waals surface area contributed by atoms with E-state index in [1.165, 1.54) is 12.8 Å². The summed E-state index contributed by atoms with van der Waals surface area (Å²) in [6.45, 7) is 0.716. The molecule has 0 atom stereocenters. The lowest BCUT2D eigenvalue weighted by Gasteiger charge is -1.99. The molecule has 2 rings (SSSR count). The largest absolute Gasteiger partial charge is 0.272 e. The highest BCUT2D eigenvalue weighted by Gasteiger charge is 2.22. The molecular weight excluding hydrogens is 162 g/mol. The smallest absolute Gasteiger partial charge is 0.267 e. The monoisotopic (exact) mass is 174 g/mol. The summed E-state index contributed by atoms with van der Waals surface area (Å²) in [5.41, 5.74) is 0.697. The molecule has 0 aliphatic heterocycles. The van der Waals surface area contributed by atoms with Gasteiger partial charge in [0.05, 0.1) is 0 Å². The topological polar surface area (TPSA) is 31.2 Å². The minimum absolute atomic E-state index is 0.0764. The molecule has 67 valence electrons. The number of hydrogen-bond acceptors (Lipinski definition) is 1. The molecule has 0 aromatic heterocycles. The standard InChI is InChI=1S/C11H12NO/c13-11(12-8-9-6-7-9)10-4-2-1-3-5-10/h1-5,9H,6-8H2. The van der Waals surface area contributed by atoms with Gasteiger partial charge in [-0.3, -0.25) is 4.79 Å². The van der Waals surface area contributed by atoms with Crippen LogP contribution in [0.1, 0.15) is 23.2 Å². The Morgan fingerprint density at radius 2 is 2.00 bits per heavy atom. The van der Waals surface area contributed by atoms with Crippen molar-refractivity contribution in [1.82, 2.24) is 5.32 Å². The van der Waals surface area contributed by atoms with Crippen LogP contribution in [-0.4, -0.2) is 12.5 Å². The van der Waals surface area contributed by atoms with Crippen molar-refractivity contribution in [2.75, 3.05) is 6.54 Å². The summed E-state index contributed by atoms with van der Waals surface area (Å²) in [6.07, 6.45) is 2.48. The Morgan fingerprint density at radius 3 is 2.62 bits per heavy atom. The van der Waals surface area contributed by atoms with Gasteiger partial charge in [-0.2, -0.15) is 0 Å². The highest BCUT2D eigenvalue weighted by atomic mass is 16.1. The second kappa shape index (κ2) is 3.60. The van der Waals surface area contributed by atoms with Crippen LogP contribution in [0.2, 0.25) is 0 Å². The third-order valence-corrected chi connectivity index (χ3v) is 2.21. The van der Waals surface area contributed by atoms with E-state index in [9.17, 15) is 4.79 Å². The molecule has 1 aliphatic rings. The van der Waals surface area contributed by atoms with Crippen molar-refractivity contribution in [3.63, 3.8) is 0 Å². The van der Waals surface area contributed by atoms with Crippen LogP contribution in [0.4, 0.5) is 0 Å². The molecule has 0 N–H and O–H groups in total. The zero-order chi connectivity index (χ0) is 9.10. The first kappa shape index (κ1) is 8.30. The van der Waals surface area contributed by atoms with Crippen molar-refractivity contribution >= 4 is 5.91 Å².